The van der Waals surface area contributed by atoms with E-state index in [1.54, 1.807) is 19.1 Å². The average Bonchev–Trinajstić information content (AvgIpc) is 2.81. The third-order valence-corrected chi connectivity index (χ3v) is 7.77. The van der Waals surface area contributed by atoms with Gasteiger partial charge in [-0.25, -0.2) is 13.1 Å². The van der Waals surface area contributed by atoms with Crippen LogP contribution in [0.3, 0.4) is 0 Å². The second-order valence-electron chi connectivity index (χ2n) is 8.77. The molecule has 0 atom stereocenters. The molecule has 2 N–H and O–H groups in total. The first kappa shape index (κ1) is 24.0. The van der Waals surface area contributed by atoms with Gasteiger partial charge in [-0.15, -0.1) is 0 Å². The van der Waals surface area contributed by atoms with Crippen LogP contribution in [0.2, 0.25) is 0 Å². The molecule has 1 amide bonds. The molecule has 1 aliphatic heterocycles. The Morgan fingerprint density at radius 3 is 2.44 bits per heavy atom. The maximum Gasteiger partial charge on any atom is 0.240 e. The van der Waals surface area contributed by atoms with Crippen LogP contribution in [0, 0.1) is 6.92 Å². The summed E-state index contributed by atoms with van der Waals surface area (Å²) in [6.45, 7) is 5.45. The number of sulfonamides is 1. The molecule has 4 rings (SSSR count). The summed E-state index contributed by atoms with van der Waals surface area (Å²) >= 11 is 0. The summed E-state index contributed by atoms with van der Waals surface area (Å²) in [6, 6.07) is 22.0. The van der Waals surface area contributed by atoms with Gasteiger partial charge in [0.1, 0.15) is 0 Å². The Bertz CT molecular complexity index is 1270. The van der Waals surface area contributed by atoms with E-state index in [0.29, 0.717) is 24.2 Å². The number of fused-ring (bicyclic) bond motifs is 1. The first-order chi connectivity index (χ1) is 16.3. The van der Waals surface area contributed by atoms with Gasteiger partial charge in [-0.1, -0.05) is 36.4 Å². The molecule has 0 fully saturated rings. The summed E-state index contributed by atoms with van der Waals surface area (Å²) in [5.74, 6) is -0.192. The Hall–Kier alpha value is -3.16. The van der Waals surface area contributed by atoms with Crippen molar-refractivity contribution in [3.05, 3.63) is 89.0 Å². The van der Waals surface area contributed by atoms with Crippen LogP contribution in [0.25, 0.3) is 0 Å². The van der Waals surface area contributed by atoms with Gasteiger partial charge < -0.3 is 10.2 Å². The summed E-state index contributed by atoms with van der Waals surface area (Å²) in [7, 11) is -3.61. The normalized spacial score (nSPS) is 13.4. The molecular formula is C27H31N3O3S. The van der Waals surface area contributed by atoms with Gasteiger partial charge in [-0.05, 0) is 78.8 Å². The van der Waals surface area contributed by atoms with E-state index >= 15 is 0 Å². The Kier molecular flexibility index (Phi) is 7.34. The lowest BCUT2D eigenvalue weighted by Crippen LogP contribution is -2.30. The quantitative estimate of drug-likeness (QED) is 0.471. The molecule has 0 aromatic heterocycles. The lowest BCUT2D eigenvalue weighted by Gasteiger charge is -2.30. The number of hydrogen-bond acceptors (Lipinski definition) is 4. The van der Waals surface area contributed by atoms with E-state index in [-0.39, 0.29) is 10.8 Å². The molecule has 0 aliphatic carbocycles. The molecule has 0 spiro atoms. The van der Waals surface area contributed by atoms with Crippen LogP contribution >= 0.6 is 0 Å². The predicted octanol–water partition coefficient (Wildman–Crippen LogP) is 4.43. The van der Waals surface area contributed by atoms with Crippen molar-refractivity contribution in [3.63, 3.8) is 0 Å². The molecule has 1 heterocycles. The fourth-order valence-electron chi connectivity index (χ4n) is 4.40. The molecular weight excluding hydrogens is 446 g/mol. The number of nitrogens with one attached hydrogen (secondary N) is 2. The van der Waals surface area contributed by atoms with E-state index in [9.17, 15) is 13.2 Å². The number of aryl methyl sites for hydroxylation is 2. The molecule has 3 aromatic rings. The highest BCUT2D eigenvalue weighted by atomic mass is 32.2. The zero-order chi connectivity index (χ0) is 24.1. The minimum Gasteiger partial charge on any atom is -0.367 e. The van der Waals surface area contributed by atoms with Gasteiger partial charge in [-0.2, -0.15) is 0 Å². The maximum atomic E-state index is 12.7. The van der Waals surface area contributed by atoms with E-state index in [0.717, 1.165) is 25.9 Å². The van der Waals surface area contributed by atoms with Crippen molar-refractivity contribution in [2.24, 2.45) is 0 Å². The van der Waals surface area contributed by atoms with E-state index < -0.39 is 10.0 Å². The monoisotopic (exact) mass is 477 g/mol. The van der Waals surface area contributed by atoms with E-state index in [1.165, 1.54) is 35.4 Å². The molecule has 1 aliphatic rings. The van der Waals surface area contributed by atoms with Crippen molar-refractivity contribution in [2.45, 2.75) is 44.6 Å². The first-order valence-electron chi connectivity index (χ1n) is 11.6. The summed E-state index contributed by atoms with van der Waals surface area (Å²) in [5, 5.41) is 2.67. The maximum absolute atomic E-state index is 12.7. The fourth-order valence-corrected chi connectivity index (χ4v) is 5.70. The van der Waals surface area contributed by atoms with Crippen LogP contribution < -0.4 is 14.9 Å². The Balaban J connectivity index is 1.28. The number of benzene rings is 3. The third-order valence-electron chi connectivity index (χ3n) is 6.15. The second kappa shape index (κ2) is 10.4. The van der Waals surface area contributed by atoms with Crippen molar-refractivity contribution in [3.8, 4) is 0 Å². The van der Waals surface area contributed by atoms with E-state index in [4.69, 9.17) is 0 Å². The van der Waals surface area contributed by atoms with Gasteiger partial charge in [-0.3, -0.25) is 4.79 Å². The third kappa shape index (κ3) is 5.85. The zero-order valence-corrected chi connectivity index (χ0v) is 20.5. The van der Waals surface area contributed by atoms with Crippen LogP contribution in [0.1, 0.15) is 35.6 Å². The average molecular weight is 478 g/mol. The highest BCUT2D eigenvalue weighted by Crippen LogP contribution is 2.25. The lowest BCUT2D eigenvalue weighted by molar-refractivity contribution is -0.114. The molecule has 34 heavy (non-hydrogen) atoms. The van der Waals surface area contributed by atoms with Crippen molar-refractivity contribution >= 4 is 27.3 Å². The SMILES string of the molecule is CC(=O)Nc1ccc(S(=O)(=O)NCCCc2ccc(N3CCc4ccccc4C3)cc2)c(C)c1. The predicted molar refractivity (Wildman–Crippen MR) is 137 cm³/mol. The molecule has 0 saturated heterocycles. The standard InChI is InChI=1S/C27H31N3O3S/c1-20-18-25(29-21(2)31)11-14-27(20)34(32,33)28-16-5-6-22-9-12-26(13-10-22)30-17-15-23-7-3-4-8-24(23)19-30/h3-4,7-14,18,28H,5-6,15-17,19H2,1-2H3,(H,29,31). The topological polar surface area (TPSA) is 78.5 Å². The highest BCUT2D eigenvalue weighted by Gasteiger charge is 2.17. The number of rotatable bonds is 8. The molecule has 6 nitrogen and oxygen atoms in total. The van der Waals surface area contributed by atoms with Crippen LogP contribution in [0.4, 0.5) is 11.4 Å². The molecule has 0 radical (unpaired) electrons. The Morgan fingerprint density at radius 2 is 1.74 bits per heavy atom. The largest absolute Gasteiger partial charge is 0.367 e. The molecule has 3 aromatic carbocycles. The van der Waals surface area contributed by atoms with Crippen molar-refractivity contribution < 1.29 is 13.2 Å². The molecule has 7 heteroatoms. The number of nitrogens with zero attached hydrogens (tertiary/aromatic N) is 1. The fraction of sp³-hybridized carbons (Fsp3) is 0.296. The number of carbonyl (C=O) groups is 1. The molecule has 0 saturated carbocycles. The number of carbonyl (C=O) groups excluding carboxylic acids is 1. The minimum absolute atomic E-state index is 0.192. The Labute approximate surface area is 202 Å². The van der Waals surface area contributed by atoms with Gasteiger partial charge in [0.2, 0.25) is 15.9 Å². The van der Waals surface area contributed by atoms with Crippen molar-refractivity contribution in [1.82, 2.24) is 4.72 Å². The zero-order valence-electron chi connectivity index (χ0n) is 19.7. The number of anilines is 2. The van der Waals surface area contributed by atoms with Crippen LogP contribution in [0.15, 0.2) is 71.6 Å². The van der Waals surface area contributed by atoms with Gasteiger partial charge in [0.25, 0.3) is 0 Å². The first-order valence-corrected chi connectivity index (χ1v) is 13.1. The van der Waals surface area contributed by atoms with Gasteiger partial charge >= 0.3 is 0 Å². The highest BCUT2D eigenvalue weighted by molar-refractivity contribution is 7.89. The van der Waals surface area contributed by atoms with Crippen molar-refractivity contribution in [1.29, 1.82) is 0 Å². The van der Waals surface area contributed by atoms with Gasteiger partial charge in [0.05, 0.1) is 4.90 Å². The van der Waals surface area contributed by atoms with Crippen LogP contribution in [0.5, 0.6) is 0 Å². The minimum atomic E-state index is -3.61. The van der Waals surface area contributed by atoms with Crippen molar-refractivity contribution in [2.75, 3.05) is 23.3 Å². The smallest absolute Gasteiger partial charge is 0.240 e. The van der Waals surface area contributed by atoms with Gasteiger partial charge in [0.15, 0.2) is 0 Å². The second-order valence-corrected chi connectivity index (χ2v) is 10.5. The van der Waals surface area contributed by atoms with Crippen LogP contribution in [-0.2, 0) is 34.2 Å². The molecule has 0 bridgehead atoms. The molecule has 0 unspecified atom stereocenters. The summed E-state index contributed by atoms with van der Waals surface area (Å²) in [6.07, 6.45) is 2.57. The molecule has 178 valence electrons. The van der Waals surface area contributed by atoms with E-state index in [1.807, 2.05) is 0 Å². The van der Waals surface area contributed by atoms with Gasteiger partial charge in [0, 0.05) is 37.9 Å². The summed E-state index contributed by atoms with van der Waals surface area (Å²) < 4.78 is 28.1. The Morgan fingerprint density at radius 1 is 1.00 bits per heavy atom. The van der Waals surface area contributed by atoms with Crippen LogP contribution in [-0.4, -0.2) is 27.4 Å². The number of amides is 1. The van der Waals surface area contributed by atoms with E-state index in [2.05, 4.69) is 63.5 Å². The lowest BCUT2D eigenvalue weighted by atomic mass is 9.99. The summed E-state index contributed by atoms with van der Waals surface area (Å²) in [4.78, 5) is 13.8. The summed E-state index contributed by atoms with van der Waals surface area (Å²) in [5.41, 5.74) is 6.42. The number of hydrogen-bond donors (Lipinski definition) is 2.